The molecule has 0 atom stereocenters. The van der Waals surface area contributed by atoms with Gasteiger partial charge in [0.1, 0.15) is 0 Å². The van der Waals surface area contributed by atoms with E-state index in [1.165, 1.54) is 6.42 Å². The Labute approximate surface area is 75.0 Å². The van der Waals surface area contributed by atoms with Crippen LogP contribution in [-0.4, -0.2) is 5.78 Å². The molecule has 1 nitrogen and oxygen atoms in total. The first-order chi connectivity index (χ1) is 4.69. The second kappa shape index (κ2) is 3.03. The van der Waals surface area contributed by atoms with Gasteiger partial charge in [-0.1, -0.05) is 35.9 Å². The predicted molar refractivity (Wildman–Crippen MR) is 50.1 cm³/mol. The minimum Gasteiger partial charge on any atom is -0.294 e. The summed E-state index contributed by atoms with van der Waals surface area (Å²) < 4.78 is 1.80. The largest absolute Gasteiger partial charge is 0.294 e. The molecule has 0 heterocycles. The van der Waals surface area contributed by atoms with Crippen molar-refractivity contribution in [3.8, 4) is 0 Å². The van der Waals surface area contributed by atoms with Crippen molar-refractivity contribution in [3.05, 3.63) is 10.2 Å². The molecule has 0 radical (unpaired) electrons. The number of carbonyl (C=O) groups excluding carboxylic acids is 1. The maximum absolute atomic E-state index is 11.3. The van der Waals surface area contributed by atoms with E-state index in [9.17, 15) is 4.79 Å². The van der Waals surface area contributed by atoms with Gasteiger partial charge in [-0.3, -0.25) is 4.79 Å². The van der Waals surface area contributed by atoms with E-state index in [0.29, 0.717) is 5.78 Å². The molecule has 0 bridgehead atoms. The fraction of sp³-hybridized carbons (Fsp3) is 0.625. The molecular weight excluding hydrogens is 239 g/mol. The van der Waals surface area contributed by atoms with Crippen LogP contribution in [0.3, 0.4) is 0 Å². The third-order valence-electron chi connectivity index (χ3n) is 2.27. The molecule has 0 aromatic carbocycles. The zero-order valence-corrected chi connectivity index (χ0v) is 8.22. The van der Waals surface area contributed by atoms with Gasteiger partial charge in [-0.05, 0) is 23.0 Å². The van der Waals surface area contributed by atoms with Crippen LogP contribution in [-0.2, 0) is 4.79 Å². The van der Waals surface area contributed by atoms with Crippen LogP contribution in [0.4, 0.5) is 0 Å². The highest BCUT2D eigenvalue weighted by atomic mass is 127. The molecule has 0 aromatic heterocycles. The van der Waals surface area contributed by atoms with E-state index >= 15 is 0 Å². The summed E-state index contributed by atoms with van der Waals surface area (Å²) >= 11 is 2.08. The van der Waals surface area contributed by atoms with Gasteiger partial charge < -0.3 is 0 Å². The summed E-state index contributed by atoms with van der Waals surface area (Å²) in [6.45, 7) is 2.05. The van der Waals surface area contributed by atoms with Crippen molar-refractivity contribution in [2.75, 3.05) is 0 Å². The Balaban J connectivity index is 2.55. The number of carbonyl (C=O) groups is 1. The van der Waals surface area contributed by atoms with Crippen molar-refractivity contribution < 1.29 is 4.79 Å². The van der Waals surface area contributed by atoms with Crippen LogP contribution >= 0.6 is 22.6 Å². The highest BCUT2D eigenvalue weighted by Crippen LogP contribution is 2.41. The zero-order valence-electron chi connectivity index (χ0n) is 6.06. The number of hydrogen-bond acceptors (Lipinski definition) is 1. The maximum atomic E-state index is 11.3. The first-order valence-electron chi connectivity index (χ1n) is 3.50. The molecule has 0 saturated heterocycles. The molecule has 1 aliphatic rings. The summed E-state index contributed by atoms with van der Waals surface area (Å²) in [5, 5.41) is 0. The van der Waals surface area contributed by atoms with Crippen molar-refractivity contribution in [2.45, 2.75) is 26.2 Å². The summed E-state index contributed by atoms with van der Waals surface area (Å²) in [6, 6.07) is 0. The molecule has 0 aromatic rings. The fourth-order valence-electron chi connectivity index (χ4n) is 1.21. The molecule has 1 aliphatic carbocycles. The zero-order chi connectivity index (χ0) is 7.61. The SMILES string of the molecule is CC1(C(=O)/C=C/I)CCC1. The van der Waals surface area contributed by atoms with Gasteiger partial charge in [0.15, 0.2) is 5.78 Å². The monoisotopic (exact) mass is 250 g/mol. The lowest BCUT2D eigenvalue weighted by molar-refractivity contribution is -0.127. The number of rotatable bonds is 2. The highest BCUT2D eigenvalue weighted by Gasteiger charge is 2.37. The minimum atomic E-state index is 0.00166. The first kappa shape index (κ1) is 8.24. The molecule has 2 heteroatoms. The van der Waals surface area contributed by atoms with Crippen molar-refractivity contribution in [1.82, 2.24) is 0 Å². The number of halogens is 1. The molecule has 56 valence electrons. The van der Waals surface area contributed by atoms with E-state index in [2.05, 4.69) is 29.5 Å². The molecule has 1 fully saturated rings. The van der Waals surface area contributed by atoms with Crippen LogP contribution < -0.4 is 0 Å². The third-order valence-corrected chi connectivity index (χ3v) is 2.63. The molecule has 0 unspecified atom stereocenters. The van der Waals surface area contributed by atoms with Crippen molar-refractivity contribution in [2.24, 2.45) is 5.41 Å². The summed E-state index contributed by atoms with van der Waals surface area (Å²) in [4.78, 5) is 11.3. The highest BCUT2D eigenvalue weighted by molar-refractivity contribution is 14.1. The van der Waals surface area contributed by atoms with Gasteiger partial charge in [0, 0.05) is 5.41 Å². The molecular formula is C8H11IO. The smallest absolute Gasteiger partial charge is 0.161 e. The van der Waals surface area contributed by atoms with Gasteiger partial charge in [0.2, 0.25) is 0 Å². The van der Waals surface area contributed by atoms with E-state index in [-0.39, 0.29) is 5.41 Å². The average Bonchev–Trinajstić information content (AvgIpc) is 1.83. The normalized spacial score (nSPS) is 22.6. The van der Waals surface area contributed by atoms with Gasteiger partial charge in [-0.15, -0.1) is 0 Å². The Bertz CT molecular complexity index is 168. The van der Waals surface area contributed by atoms with E-state index in [1.807, 2.05) is 0 Å². The average molecular weight is 250 g/mol. The Hall–Kier alpha value is 0.140. The second-order valence-corrected chi connectivity index (χ2v) is 3.79. The molecule has 1 saturated carbocycles. The van der Waals surface area contributed by atoms with E-state index in [4.69, 9.17) is 0 Å². The molecule has 0 aliphatic heterocycles. The third kappa shape index (κ3) is 1.41. The Morgan fingerprint density at radius 1 is 1.60 bits per heavy atom. The van der Waals surface area contributed by atoms with Crippen molar-refractivity contribution >= 4 is 28.4 Å². The second-order valence-electron chi connectivity index (χ2n) is 3.07. The van der Waals surface area contributed by atoms with Crippen molar-refractivity contribution in [1.29, 1.82) is 0 Å². The summed E-state index contributed by atoms with van der Waals surface area (Å²) in [5.41, 5.74) is 0.00166. The van der Waals surface area contributed by atoms with Crippen LogP contribution in [0.25, 0.3) is 0 Å². The fourth-order valence-corrected chi connectivity index (χ4v) is 1.54. The lowest BCUT2D eigenvalue weighted by atomic mass is 9.68. The summed E-state index contributed by atoms with van der Waals surface area (Å²) in [5.74, 6) is 0.299. The van der Waals surface area contributed by atoms with Gasteiger partial charge in [0.25, 0.3) is 0 Å². The summed E-state index contributed by atoms with van der Waals surface area (Å²) in [7, 11) is 0. The topological polar surface area (TPSA) is 17.1 Å². The molecule has 0 spiro atoms. The Morgan fingerprint density at radius 2 is 2.20 bits per heavy atom. The van der Waals surface area contributed by atoms with Crippen LogP contribution in [0.15, 0.2) is 10.2 Å². The standard InChI is InChI=1S/C8H11IO/c1-8(4-2-5-8)7(10)3-6-9/h3,6H,2,4-5H2,1H3/b6-3+. The van der Waals surface area contributed by atoms with E-state index in [1.54, 1.807) is 10.2 Å². The molecule has 0 amide bonds. The number of allylic oxidation sites excluding steroid dienone is 1. The maximum Gasteiger partial charge on any atom is 0.161 e. The van der Waals surface area contributed by atoms with Crippen molar-refractivity contribution in [3.63, 3.8) is 0 Å². The lowest BCUT2D eigenvalue weighted by Crippen LogP contribution is -2.33. The quantitative estimate of drug-likeness (QED) is 0.544. The molecule has 0 N–H and O–H groups in total. The van der Waals surface area contributed by atoms with Crippen LogP contribution in [0, 0.1) is 5.41 Å². The Morgan fingerprint density at radius 3 is 2.50 bits per heavy atom. The molecule has 1 rings (SSSR count). The minimum absolute atomic E-state index is 0.00166. The van der Waals surface area contributed by atoms with E-state index in [0.717, 1.165) is 12.8 Å². The van der Waals surface area contributed by atoms with Crippen LogP contribution in [0.2, 0.25) is 0 Å². The first-order valence-corrected chi connectivity index (χ1v) is 4.75. The van der Waals surface area contributed by atoms with Gasteiger partial charge in [-0.2, -0.15) is 0 Å². The predicted octanol–water partition coefficient (Wildman–Crippen LogP) is 2.69. The number of ketones is 1. The van der Waals surface area contributed by atoms with Gasteiger partial charge >= 0.3 is 0 Å². The summed E-state index contributed by atoms with van der Waals surface area (Å²) in [6.07, 6.45) is 5.05. The van der Waals surface area contributed by atoms with Gasteiger partial charge in [0.05, 0.1) is 0 Å². The van der Waals surface area contributed by atoms with E-state index < -0.39 is 0 Å². The van der Waals surface area contributed by atoms with Crippen LogP contribution in [0.5, 0.6) is 0 Å². The van der Waals surface area contributed by atoms with Gasteiger partial charge in [-0.25, -0.2) is 0 Å². The molecule has 10 heavy (non-hydrogen) atoms. The lowest BCUT2D eigenvalue weighted by Gasteiger charge is -2.35. The number of hydrogen-bond donors (Lipinski definition) is 0. The Kier molecular flexibility index (Phi) is 2.50. The van der Waals surface area contributed by atoms with Crippen LogP contribution in [0.1, 0.15) is 26.2 Å².